The number of anilines is 1. The number of hydrogen-bond donors (Lipinski definition) is 1. The molecule has 0 aromatic heterocycles. The van der Waals surface area contributed by atoms with Crippen molar-refractivity contribution in [2.45, 2.75) is 45.7 Å². The third-order valence-corrected chi connectivity index (χ3v) is 8.85. The van der Waals surface area contributed by atoms with Crippen molar-refractivity contribution in [1.82, 2.24) is 10.2 Å². The van der Waals surface area contributed by atoms with Gasteiger partial charge >= 0.3 is 0 Å². The highest BCUT2D eigenvalue weighted by molar-refractivity contribution is 7.92. The maximum atomic E-state index is 14.1. The van der Waals surface area contributed by atoms with Gasteiger partial charge in [-0.3, -0.25) is 13.9 Å². The number of carbonyl (C=O) groups excluding carboxylic acids is 2. The van der Waals surface area contributed by atoms with Gasteiger partial charge in [-0.25, -0.2) is 8.42 Å². The van der Waals surface area contributed by atoms with E-state index < -0.39 is 28.5 Å². The van der Waals surface area contributed by atoms with Gasteiger partial charge in [0.1, 0.15) is 12.6 Å². The molecule has 7 nitrogen and oxygen atoms in total. The van der Waals surface area contributed by atoms with E-state index in [1.165, 1.54) is 11.0 Å². The highest BCUT2D eigenvalue weighted by Gasteiger charge is 2.33. The molecule has 1 N–H and O–H groups in total. The molecule has 1 atom stereocenters. The number of halogens is 3. The predicted molar refractivity (Wildman–Crippen MR) is 167 cm³/mol. The molecule has 0 fully saturated rings. The summed E-state index contributed by atoms with van der Waals surface area (Å²) in [5.74, 6) is -0.898. The monoisotopic (exact) mass is 637 g/mol. The summed E-state index contributed by atoms with van der Waals surface area (Å²) in [4.78, 5) is 29.1. The molecular formula is C30H34Cl3N3O4S. The average molecular weight is 639 g/mol. The van der Waals surface area contributed by atoms with Crippen molar-refractivity contribution in [3.63, 3.8) is 0 Å². The van der Waals surface area contributed by atoms with E-state index in [1.54, 1.807) is 37.3 Å². The second kappa shape index (κ2) is 14.9. The molecule has 3 aromatic carbocycles. The molecule has 0 spiro atoms. The van der Waals surface area contributed by atoms with E-state index in [-0.39, 0.29) is 24.6 Å². The minimum absolute atomic E-state index is 0.000671. The molecule has 0 saturated heterocycles. The van der Waals surface area contributed by atoms with Gasteiger partial charge in [0.15, 0.2) is 0 Å². The topological polar surface area (TPSA) is 86.8 Å². The van der Waals surface area contributed by atoms with E-state index in [2.05, 4.69) is 5.32 Å². The quantitative estimate of drug-likeness (QED) is 0.223. The predicted octanol–water partition coefficient (Wildman–Crippen LogP) is 6.28. The van der Waals surface area contributed by atoms with Gasteiger partial charge < -0.3 is 10.2 Å². The summed E-state index contributed by atoms with van der Waals surface area (Å²) in [6.07, 6.45) is 2.91. The molecule has 0 aliphatic carbocycles. The number of aryl methyl sites for hydroxylation is 1. The molecular weight excluding hydrogens is 605 g/mol. The summed E-state index contributed by atoms with van der Waals surface area (Å²) < 4.78 is 26.8. The van der Waals surface area contributed by atoms with Crippen LogP contribution in [0.5, 0.6) is 0 Å². The Hall–Kier alpha value is -2.78. The molecule has 3 aromatic rings. The number of nitrogens with zero attached hydrogens (tertiary/aromatic N) is 2. The molecule has 11 heteroatoms. The molecule has 1 unspecified atom stereocenters. The van der Waals surface area contributed by atoms with Crippen LogP contribution in [0.2, 0.25) is 15.1 Å². The molecule has 3 rings (SSSR count). The van der Waals surface area contributed by atoms with Crippen LogP contribution in [0.1, 0.15) is 36.5 Å². The fourth-order valence-electron chi connectivity index (χ4n) is 4.25. The van der Waals surface area contributed by atoms with Crippen molar-refractivity contribution in [2.75, 3.05) is 23.7 Å². The zero-order valence-corrected chi connectivity index (χ0v) is 26.3. The lowest BCUT2D eigenvalue weighted by Gasteiger charge is -2.33. The minimum atomic E-state index is -3.90. The van der Waals surface area contributed by atoms with Crippen LogP contribution >= 0.6 is 34.8 Å². The van der Waals surface area contributed by atoms with Crippen LogP contribution < -0.4 is 9.62 Å². The number of unbranched alkanes of at least 4 members (excludes halogenated alkanes) is 1. The molecule has 0 aliphatic heterocycles. The molecule has 2 amide bonds. The number of hydrogen-bond acceptors (Lipinski definition) is 4. The highest BCUT2D eigenvalue weighted by Crippen LogP contribution is 2.27. The first kappa shape index (κ1) is 32.7. The van der Waals surface area contributed by atoms with Gasteiger partial charge in [0, 0.05) is 24.5 Å². The largest absolute Gasteiger partial charge is 0.354 e. The maximum absolute atomic E-state index is 14.1. The van der Waals surface area contributed by atoms with E-state index >= 15 is 0 Å². The SMILES string of the molecule is CCCCNC(=O)C(Cc1ccccc1)N(Cc1ccc(Cl)c(Cl)c1)C(=O)CN(c1ccc(C)c(Cl)c1)S(C)(=O)=O. The Morgan fingerprint density at radius 2 is 1.61 bits per heavy atom. The van der Waals surface area contributed by atoms with Crippen LogP contribution in [0.15, 0.2) is 66.7 Å². The van der Waals surface area contributed by atoms with E-state index in [9.17, 15) is 18.0 Å². The number of nitrogens with one attached hydrogen (secondary N) is 1. The van der Waals surface area contributed by atoms with E-state index in [0.717, 1.165) is 34.5 Å². The van der Waals surface area contributed by atoms with Crippen LogP contribution in [-0.2, 0) is 32.6 Å². The zero-order valence-electron chi connectivity index (χ0n) is 23.2. The second-order valence-corrected chi connectivity index (χ2v) is 13.0. The molecule has 0 bridgehead atoms. The van der Waals surface area contributed by atoms with Gasteiger partial charge in [-0.05, 0) is 54.3 Å². The Morgan fingerprint density at radius 3 is 2.22 bits per heavy atom. The Labute approximate surface area is 257 Å². The van der Waals surface area contributed by atoms with Crippen LogP contribution in [0, 0.1) is 6.92 Å². The summed E-state index contributed by atoms with van der Waals surface area (Å²) in [6.45, 7) is 3.73. The van der Waals surface area contributed by atoms with E-state index in [4.69, 9.17) is 34.8 Å². The molecule has 41 heavy (non-hydrogen) atoms. The van der Waals surface area contributed by atoms with Gasteiger partial charge in [0.2, 0.25) is 21.8 Å². The Morgan fingerprint density at radius 1 is 0.902 bits per heavy atom. The van der Waals surface area contributed by atoms with Crippen molar-refractivity contribution in [3.8, 4) is 0 Å². The fraction of sp³-hybridized carbons (Fsp3) is 0.333. The van der Waals surface area contributed by atoms with E-state index in [1.807, 2.05) is 37.3 Å². The zero-order chi connectivity index (χ0) is 30.2. The highest BCUT2D eigenvalue weighted by atomic mass is 35.5. The first-order chi connectivity index (χ1) is 19.4. The third-order valence-electron chi connectivity index (χ3n) is 6.56. The number of benzene rings is 3. The lowest BCUT2D eigenvalue weighted by atomic mass is 10.0. The fourth-order valence-corrected chi connectivity index (χ4v) is 5.58. The normalized spacial score (nSPS) is 12.0. The van der Waals surface area contributed by atoms with Gasteiger partial charge in [-0.15, -0.1) is 0 Å². The number of amides is 2. The minimum Gasteiger partial charge on any atom is -0.354 e. The van der Waals surface area contributed by atoms with E-state index in [0.29, 0.717) is 27.2 Å². The van der Waals surface area contributed by atoms with Crippen LogP contribution in [-0.4, -0.2) is 50.5 Å². The Kier molecular flexibility index (Phi) is 11.9. The molecule has 0 aliphatic rings. The van der Waals surface area contributed by atoms with Crippen molar-refractivity contribution >= 4 is 62.3 Å². The summed E-state index contributed by atoms with van der Waals surface area (Å²) in [6, 6.07) is 18.2. The Bertz CT molecular complexity index is 1470. The summed E-state index contributed by atoms with van der Waals surface area (Å²) in [7, 11) is -3.90. The van der Waals surface area contributed by atoms with Crippen molar-refractivity contribution in [1.29, 1.82) is 0 Å². The van der Waals surface area contributed by atoms with Gasteiger partial charge in [-0.1, -0.05) is 90.6 Å². The molecule has 220 valence electrons. The summed E-state index contributed by atoms with van der Waals surface area (Å²) >= 11 is 18.7. The first-order valence-corrected chi connectivity index (χ1v) is 16.2. The van der Waals surface area contributed by atoms with Crippen LogP contribution in [0.4, 0.5) is 5.69 Å². The van der Waals surface area contributed by atoms with Gasteiger partial charge in [0.05, 0.1) is 22.0 Å². The summed E-state index contributed by atoms with van der Waals surface area (Å²) in [5, 5.41) is 3.97. The second-order valence-electron chi connectivity index (χ2n) is 9.82. The van der Waals surface area contributed by atoms with Crippen LogP contribution in [0.25, 0.3) is 0 Å². The van der Waals surface area contributed by atoms with Gasteiger partial charge in [-0.2, -0.15) is 0 Å². The Balaban J connectivity index is 2.06. The number of rotatable bonds is 13. The van der Waals surface area contributed by atoms with Gasteiger partial charge in [0.25, 0.3) is 0 Å². The van der Waals surface area contributed by atoms with Crippen molar-refractivity contribution < 1.29 is 18.0 Å². The first-order valence-electron chi connectivity index (χ1n) is 13.2. The maximum Gasteiger partial charge on any atom is 0.244 e. The molecule has 0 heterocycles. The number of carbonyl (C=O) groups is 2. The third kappa shape index (κ3) is 9.36. The smallest absolute Gasteiger partial charge is 0.244 e. The van der Waals surface area contributed by atoms with Crippen LogP contribution in [0.3, 0.4) is 0 Å². The number of sulfonamides is 1. The molecule has 0 saturated carbocycles. The standard InChI is InChI=1S/C30H34Cl3N3O4S/c1-4-5-15-34-30(38)28(17-22-9-7-6-8-10-22)35(19-23-12-14-25(31)27(33)16-23)29(37)20-36(41(3,39)40)24-13-11-21(2)26(32)18-24/h6-14,16,18,28H,4-5,15,17,19-20H2,1-3H3,(H,34,38). The summed E-state index contributed by atoms with van der Waals surface area (Å²) in [5.41, 5.74) is 2.50. The average Bonchev–Trinajstić information content (AvgIpc) is 2.92. The lowest BCUT2D eigenvalue weighted by Crippen LogP contribution is -2.53. The lowest BCUT2D eigenvalue weighted by molar-refractivity contribution is -0.140. The van der Waals surface area contributed by atoms with Crippen molar-refractivity contribution in [3.05, 3.63) is 98.5 Å². The van der Waals surface area contributed by atoms with Crippen molar-refractivity contribution in [2.24, 2.45) is 0 Å². The molecule has 0 radical (unpaired) electrons.